The van der Waals surface area contributed by atoms with Gasteiger partial charge in [-0.15, -0.1) is 11.6 Å². The number of ether oxygens (including phenoxy) is 3. The molecule has 1 saturated heterocycles. The second-order valence-corrected chi connectivity index (χ2v) is 12.1. The van der Waals surface area contributed by atoms with Gasteiger partial charge in [-0.1, -0.05) is 25.5 Å². The van der Waals surface area contributed by atoms with Crippen molar-refractivity contribution in [2.45, 2.75) is 82.9 Å². The zero-order chi connectivity index (χ0) is 25.7. The normalized spacial score (nSPS) is 46.0. The molecule has 9 atom stereocenters. The average molecular weight is 523 g/mol. The zero-order valence-electron chi connectivity index (χ0n) is 21.3. The lowest BCUT2D eigenvalue weighted by atomic mass is 9.46. The summed E-state index contributed by atoms with van der Waals surface area (Å²) in [6.07, 6.45) is 8.91. The number of hydrogen-bond acceptors (Lipinski definition) is 7. The summed E-state index contributed by atoms with van der Waals surface area (Å²) in [6.45, 7) is 5.27. The lowest BCUT2D eigenvalue weighted by Gasteiger charge is -2.59. The molecule has 3 saturated carbocycles. The molecule has 8 heteroatoms. The number of carbonyl (C=O) groups excluding carboxylic acids is 2. The van der Waals surface area contributed by atoms with Crippen LogP contribution in [0.15, 0.2) is 23.8 Å². The summed E-state index contributed by atoms with van der Waals surface area (Å²) in [5, 5.41) is 23.6. The number of rotatable bonds is 7. The van der Waals surface area contributed by atoms with Gasteiger partial charge >= 0.3 is 0 Å². The van der Waals surface area contributed by atoms with E-state index in [4.69, 9.17) is 25.8 Å². The second-order valence-electron chi connectivity index (χ2n) is 11.8. The lowest BCUT2D eigenvalue weighted by molar-refractivity contribution is -0.199. The molecule has 36 heavy (non-hydrogen) atoms. The number of carbonyl (C=O) groups is 2. The van der Waals surface area contributed by atoms with Crippen molar-refractivity contribution in [2.75, 3.05) is 25.7 Å². The monoisotopic (exact) mass is 522 g/mol. The molecule has 0 amide bonds. The van der Waals surface area contributed by atoms with E-state index in [-0.39, 0.29) is 48.7 Å². The molecule has 0 bridgehead atoms. The van der Waals surface area contributed by atoms with E-state index >= 15 is 0 Å². The Morgan fingerprint density at radius 2 is 2.00 bits per heavy atom. The van der Waals surface area contributed by atoms with Crippen LogP contribution in [0.1, 0.15) is 58.8 Å². The molecule has 0 aromatic heterocycles. The summed E-state index contributed by atoms with van der Waals surface area (Å²) >= 11 is 6.03. The van der Waals surface area contributed by atoms with E-state index in [1.165, 1.54) is 0 Å². The summed E-state index contributed by atoms with van der Waals surface area (Å²) in [4.78, 5) is 25.3. The fourth-order valence-electron chi connectivity index (χ4n) is 8.32. The van der Waals surface area contributed by atoms with Crippen LogP contribution < -0.4 is 0 Å². The Kier molecular flexibility index (Phi) is 7.29. The van der Waals surface area contributed by atoms with Crippen molar-refractivity contribution in [2.24, 2.45) is 28.6 Å². The SMILES string of the molecule is C[C@]12C=CC(=O)C=C1CC[C@@H]1[C@@H]2[C@@H](O)C[C@@]2(C)[C@H]1C[C@@H](OCCOC1CCCCO1)[C@]2(O)C(=O)CCl. The Hall–Kier alpha value is -1.09. The predicted octanol–water partition coefficient (Wildman–Crippen LogP) is 3.34. The summed E-state index contributed by atoms with van der Waals surface area (Å²) in [5.41, 5.74) is -2.01. The van der Waals surface area contributed by atoms with Gasteiger partial charge in [0.2, 0.25) is 0 Å². The first kappa shape index (κ1) is 26.5. The van der Waals surface area contributed by atoms with Crippen molar-refractivity contribution < 1.29 is 34.0 Å². The van der Waals surface area contributed by atoms with E-state index in [2.05, 4.69) is 6.92 Å². The van der Waals surface area contributed by atoms with Crippen molar-refractivity contribution in [3.05, 3.63) is 23.8 Å². The zero-order valence-corrected chi connectivity index (χ0v) is 22.0. The fourth-order valence-corrected chi connectivity index (χ4v) is 8.52. The highest BCUT2D eigenvalue weighted by molar-refractivity contribution is 6.29. The third-order valence-electron chi connectivity index (χ3n) is 10.1. The quantitative estimate of drug-likeness (QED) is 0.390. The van der Waals surface area contributed by atoms with E-state index in [0.29, 0.717) is 19.6 Å². The number of halogens is 1. The maximum atomic E-state index is 13.2. The first-order valence-electron chi connectivity index (χ1n) is 13.4. The van der Waals surface area contributed by atoms with E-state index in [9.17, 15) is 19.8 Å². The topological polar surface area (TPSA) is 102 Å². The highest BCUT2D eigenvalue weighted by Crippen LogP contribution is 2.67. The number of Topliss-reactive ketones (excluding diaryl/α,β-unsaturated/α-hetero) is 1. The van der Waals surface area contributed by atoms with Gasteiger partial charge in [-0.05, 0) is 68.9 Å². The van der Waals surface area contributed by atoms with Gasteiger partial charge in [0.25, 0.3) is 0 Å². The second kappa shape index (κ2) is 9.90. The first-order chi connectivity index (χ1) is 17.1. The van der Waals surface area contributed by atoms with Gasteiger partial charge in [0.1, 0.15) is 0 Å². The molecular weight excluding hydrogens is 484 g/mol. The summed E-state index contributed by atoms with van der Waals surface area (Å²) in [7, 11) is 0. The molecule has 0 aromatic rings. The maximum absolute atomic E-state index is 13.2. The number of aliphatic hydroxyl groups is 2. The highest BCUT2D eigenvalue weighted by atomic mass is 35.5. The smallest absolute Gasteiger partial charge is 0.182 e. The van der Waals surface area contributed by atoms with Crippen LogP contribution in [0.2, 0.25) is 0 Å². The Morgan fingerprint density at radius 1 is 1.22 bits per heavy atom. The highest BCUT2D eigenvalue weighted by Gasteiger charge is 2.71. The predicted molar refractivity (Wildman–Crippen MR) is 133 cm³/mol. The van der Waals surface area contributed by atoms with Crippen LogP contribution in [-0.4, -0.2) is 71.6 Å². The maximum Gasteiger partial charge on any atom is 0.182 e. The Balaban J connectivity index is 1.38. The molecule has 4 aliphatic carbocycles. The van der Waals surface area contributed by atoms with Crippen LogP contribution in [0.3, 0.4) is 0 Å². The van der Waals surface area contributed by atoms with Gasteiger partial charge in [0.15, 0.2) is 23.5 Å². The molecule has 4 fully saturated rings. The molecule has 200 valence electrons. The number of alkyl halides is 1. The number of fused-ring (bicyclic) bond motifs is 5. The van der Waals surface area contributed by atoms with E-state index in [0.717, 1.165) is 37.7 Å². The van der Waals surface area contributed by atoms with Crippen LogP contribution in [0, 0.1) is 28.6 Å². The molecule has 1 aliphatic heterocycles. The molecule has 0 spiro atoms. The van der Waals surface area contributed by atoms with Crippen molar-refractivity contribution in [1.29, 1.82) is 0 Å². The Morgan fingerprint density at radius 3 is 2.72 bits per heavy atom. The number of allylic oxidation sites excluding steroid dienone is 4. The van der Waals surface area contributed by atoms with Crippen molar-refractivity contribution in [1.82, 2.24) is 0 Å². The Bertz CT molecular complexity index is 942. The average Bonchev–Trinajstić information content (AvgIpc) is 3.09. The molecule has 0 radical (unpaired) electrons. The van der Waals surface area contributed by atoms with Crippen molar-refractivity contribution in [3.63, 3.8) is 0 Å². The third kappa shape index (κ3) is 4.05. The number of aliphatic hydroxyl groups excluding tert-OH is 1. The Labute approximate surface area is 218 Å². The van der Waals surface area contributed by atoms with E-state index in [1.54, 1.807) is 12.2 Å². The number of hydrogen-bond donors (Lipinski definition) is 2. The van der Waals surface area contributed by atoms with Crippen LogP contribution in [0.5, 0.6) is 0 Å². The minimum Gasteiger partial charge on any atom is -0.393 e. The summed E-state index contributed by atoms with van der Waals surface area (Å²) < 4.78 is 17.6. The largest absolute Gasteiger partial charge is 0.393 e. The van der Waals surface area contributed by atoms with Crippen LogP contribution in [-0.2, 0) is 23.8 Å². The lowest BCUT2D eigenvalue weighted by Crippen LogP contribution is -2.63. The van der Waals surface area contributed by atoms with Crippen LogP contribution in [0.25, 0.3) is 0 Å². The van der Waals surface area contributed by atoms with Crippen LogP contribution in [0.4, 0.5) is 0 Å². The fraction of sp³-hybridized carbons (Fsp3) is 0.786. The first-order valence-corrected chi connectivity index (χ1v) is 14.0. The van der Waals surface area contributed by atoms with Crippen molar-refractivity contribution >= 4 is 23.2 Å². The van der Waals surface area contributed by atoms with Gasteiger partial charge in [-0.3, -0.25) is 9.59 Å². The van der Waals surface area contributed by atoms with E-state index in [1.807, 2.05) is 13.0 Å². The van der Waals surface area contributed by atoms with Gasteiger partial charge in [0, 0.05) is 23.4 Å². The van der Waals surface area contributed by atoms with E-state index < -0.39 is 34.4 Å². The molecular formula is C28H39ClO7. The van der Waals surface area contributed by atoms with Gasteiger partial charge < -0.3 is 24.4 Å². The van der Waals surface area contributed by atoms with Gasteiger partial charge in [-0.2, -0.15) is 0 Å². The summed E-state index contributed by atoms with van der Waals surface area (Å²) in [5.74, 6) is -0.819. The van der Waals surface area contributed by atoms with Crippen LogP contribution >= 0.6 is 11.6 Å². The minimum atomic E-state index is -1.79. The molecule has 2 N–H and O–H groups in total. The minimum absolute atomic E-state index is 0.00618. The molecule has 7 nitrogen and oxygen atoms in total. The number of ketones is 2. The molecule has 0 aromatic carbocycles. The summed E-state index contributed by atoms with van der Waals surface area (Å²) in [6, 6.07) is 0. The molecule has 5 aliphatic rings. The van der Waals surface area contributed by atoms with Gasteiger partial charge in [0.05, 0.1) is 31.3 Å². The molecule has 1 heterocycles. The van der Waals surface area contributed by atoms with Crippen molar-refractivity contribution in [3.8, 4) is 0 Å². The molecule has 1 unspecified atom stereocenters. The van der Waals surface area contributed by atoms with Gasteiger partial charge in [-0.25, -0.2) is 0 Å². The third-order valence-corrected chi connectivity index (χ3v) is 10.3. The molecule has 5 rings (SSSR count). The standard InChI is InChI=1S/C28H39ClO7/c1-26-9-8-18(30)13-17(26)6-7-19-20-14-23(34-11-12-36-24-5-3-4-10-35-24)28(33,22(32)16-29)27(20,2)15-21(31)25(19)26/h8-9,13,19-21,23-25,31,33H,3-7,10-12,14-16H2,1-2H3/t19-,20-,21-,23+,24?,25+,26-,27-,28+/m0/s1.